The summed E-state index contributed by atoms with van der Waals surface area (Å²) >= 11 is 1.29. The number of ether oxygens (including phenoxy) is 1. The fourth-order valence-electron chi connectivity index (χ4n) is 3.04. The van der Waals surface area contributed by atoms with Gasteiger partial charge in [-0.2, -0.15) is 0 Å². The maximum atomic E-state index is 12.5. The normalized spacial score (nSPS) is 10.9. The van der Waals surface area contributed by atoms with Crippen molar-refractivity contribution < 1.29 is 13.9 Å². The standard InChI is InChI=1S/C22H23N7O3S/c1-2-31-14-6-13-29-19(16-9-11-23-12-10-16)25-28-22(29)33-15-18(30)24-21-27-26-20(32-21)17-7-4-3-5-8-17/h3-5,7-12H,2,6,13-15H2,1H3,(H,24,27,30). The molecule has 0 aliphatic heterocycles. The first kappa shape index (κ1) is 22.6. The Labute approximate surface area is 194 Å². The summed E-state index contributed by atoms with van der Waals surface area (Å²) in [6, 6.07) is 13.2. The summed E-state index contributed by atoms with van der Waals surface area (Å²) in [5.74, 6) is 0.900. The Morgan fingerprint density at radius 3 is 2.67 bits per heavy atom. The number of thioether (sulfide) groups is 1. The number of nitrogens with one attached hydrogen (secondary N) is 1. The van der Waals surface area contributed by atoms with Gasteiger partial charge in [0.15, 0.2) is 11.0 Å². The predicted molar refractivity (Wildman–Crippen MR) is 123 cm³/mol. The highest BCUT2D eigenvalue weighted by atomic mass is 32.2. The Kier molecular flexibility index (Phi) is 7.77. The molecular weight excluding hydrogens is 442 g/mol. The van der Waals surface area contributed by atoms with E-state index in [4.69, 9.17) is 9.15 Å². The number of hydrogen-bond donors (Lipinski definition) is 1. The minimum atomic E-state index is -0.280. The third-order valence-corrected chi connectivity index (χ3v) is 5.52. The second kappa shape index (κ2) is 11.3. The van der Waals surface area contributed by atoms with Gasteiger partial charge in [-0.25, -0.2) is 0 Å². The van der Waals surface area contributed by atoms with Gasteiger partial charge in [0.2, 0.25) is 11.8 Å². The molecule has 0 saturated carbocycles. The van der Waals surface area contributed by atoms with Crippen molar-refractivity contribution in [3.63, 3.8) is 0 Å². The average molecular weight is 466 g/mol. The van der Waals surface area contributed by atoms with Crippen LogP contribution in [0.25, 0.3) is 22.8 Å². The molecule has 4 rings (SSSR count). The minimum absolute atomic E-state index is 0.0510. The van der Waals surface area contributed by atoms with Crippen molar-refractivity contribution in [1.29, 1.82) is 0 Å². The van der Waals surface area contributed by atoms with E-state index in [1.807, 2.05) is 54.0 Å². The van der Waals surface area contributed by atoms with E-state index in [9.17, 15) is 4.79 Å². The van der Waals surface area contributed by atoms with E-state index in [1.165, 1.54) is 11.8 Å². The van der Waals surface area contributed by atoms with Gasteiger partial charge in [0.25, 0.3) is 0 Å². The SMILES string of the molecule is CCOCCCn1c(SCC(=O)Nc2nnc(-c3ccccc3)o2)nnc1-c1ccncc1. The Hall–Kier alpha value is -3.57. The number of carbonyl (C=O) groups is 1. The van der Waals surface area contributed by atoms with Crippen LogP contribution < -0.4 is 5.32 Å². The third-order valence-electron chi connectivity index (χ3n) is 4.55. The molecule has 0 fully saturated rings. The van der Waals surface area contributed by atoms with E-state index < -0.39 is 0 Å². The lowest BCUT2D eigenvalue weighted by Crippen LogP contribution is -2.15. The zero-order valence-corrected chi connectivity index (χ0v) is 18.9. The van der Waals surface area contributed by atoms with Crippen LogP contribution in [-0.2, 0) is 16.1 Å². The largest absolute Gasteiger partial charge is 0.403 e. The van der Waals surface area contributed by atoms with E-state index in [2.05, 4.69) is 30.7 Å². The second-order valence-corrected chi connectivity index (χ2v) is 7.80. The topological polar surface area (TPSA) is 121 Å². The predicted octanol–water partition coefficient (Wildman–Crippen LogP) is 3.55. The van der Waals surface area contributed by atoms with Gasteiger partial charge in [0, 0.05) is 43.3 Å². The number of nitrogens with zero attached hydrogens (tertiary/aromatic N) is 6. The van der Waals surface area contributed by atoms with E-state index in [1.54, 1.807) is 12.4 Å². The Morgan fingerprint density at radius 1 is 1.06 bits per heavy atom. The van der Waals surface area contributed by atoms with Crippen LogP contribution in [-0.4, -0.2) is 54.8 Å². The van der Waals surface area contributed by atoms with E-state index in [0.717, 1.165) is 23.4 Å². The summed E-state index contributed by atoms with van der Waals surface area (Å²) in [6.07, 6.45) is 4.22. The van der Waals surface area contributed by atoms with Crippen molar-refractivity contribution in [3.8, 4) is 22.8 Å². The summed E-state index contributed by atoms with van der Waals surface area (Å²) in [5.41, 5.74) is 1.69. The monoisotopic (exact) mass is 465 g/mol. The Bertz CT molecular complexity index is 1170. The van der Waals surface area contributed by atoms with E-state index in [-0.39, 0.29) is 17.7 Å². The van der Waals surface area contributed by atoms with Gasteiger partial charge in [-0.3, -0.25) is 15.1 Å². The van der Waals surface area contributed by atoms with Gasteiger partial charge in [0.05, 0.1) is 5.75 Å². The molecule has 1 amide bonds. The minimum Gasteiger partial charge on any atom is -0.403 e. The second-order valence-electron chi connectivity index (χ2n) is 6.86. The molecule has 3 heterocycles. The van der Waals surface area contributed by atoms with Crippen LogP contribution in [0.2, 0.25) is 0 Å². The molecule has 11 heteroatoms. The van der Waals surface area contributed by atoms with Crippen LogP contribution in [0.3, 0.4) is 0 Å². The first-order chi connectivity index (χ1) is 16.2. The molecule has 170 valence electrons. The molecule has 0 saturated heterocycles. The van der Waals surface area contributed by atoms with Gasteiger partial charge in [-0.1, -0.05) is 35.1 Å². The summed E-state index contributed by atoms with van der Waals surface area (Å²) < 4.78 is 13.0. The zero-order chi connectivity index (χ0) is 22.9. The van der Waals surface area contributed by atoms with E-state index >= 15 is 0 Å². The number of carbonyl (C=O) groups excluding carboxylic acids is 1. The summed E-state index contributed by atoms with van der Waals surface area (Å²) in [4.78, 5) is 16.5. The zero-order valence-electron chi connectivity index (χ0n) is 18.0. The molecule has 0 radical (unpaired) electrons. The van der Waals surface area contributed by atoms with Gasteiger partial charge in [0.1, 0.15) is 0 Å². The molecule has 4 aromatic rings. The molecular formula is C22H23N7O3S. The Balaban J connectivity index is 1.40. The Morgan fingerprint density at radius 2 is 1.88 bits per heavy atom. The maximum Gasteiger partial charge on any atom is 0.322 e. The molecule has 0 spiro atoms. The molecule has 0 unspecified atom stereocenters. The van der Waals surface area contributed by atoms with Crippen molar-refractivity contribution in [3.05, 3.63) is 54.9 Å². The highest BCUT2D eigenvalue weighted by Gasteiger charge is 2.17. The van der Waals surface area contributed by atoms with Crippen LogP contribution in [0.1, 0.15) is 13.3 Å². The highest BCUT2D eigenvalue weighted by Crippen LogP contribution is 2.24. The van der Waals surface area contributed by atoms with Crippen molar-refractivity contribution in [2.75, 3.05) is 24.3 Å². The van der Waals surface area contributed by atoms with Crippen LogP contribution >= 0.6 is 11.8 Å². The molecule has 0 bridgehead atoms. The molecule has 10 nitrogen and oxygen atoms in total. The van der Waals surface area contributed by atoms with Gasteiger partial charge in [-0.05, 0) is 37.6 Å². The van der Waals surface area contributed by atoms with Crippen molar-refractivity contribution in [2.45, 2.75) is 25.0 Å². The lowest BCUT2D eigenvalue weighted by atomic mass is 10.2. The van der Waals surface area contributed by atoms with Crippen molar-refractivity contribution >= 4 is 23.7 Å². The molecule has 0 atom stereocenters. The quantitative estimate of drug-likeness (QED) is 0.262. The van der Waals surface area contributed by atoms with Crippen LogP contribution in [0.4, 0.5) is 6.01 Å². The van der Waals surface area contributed by atoms with Crippen LogP contribution in [0.15, 0.2) is 64.4 Å². The summed E-state index contributed by atoms with van der Waals surface area (Å²) in [7, 11) is 0. The lowest BCUT2D eigenvalue weighted by Gasteiger charge is -2.10. The molecule has 1 N–H and O–H groups in total. The van der Waals surface area contributed by atoms with Crippen molar-refractivity contribution in [2.24, 2.45) is 0 Å². The van der Waals surface area contributed by atoms with Crippen molar-refractivity contribution in [1.82, 2.24) is 29.9 Å². The van der Waals surface area contributed by atoms with Crippen LogP contribution in [0.5, 0.6) is 0 Å². The van der Waals surface area contributed by atoms with E-state index in [0.29, 0.717) is 30.8 Å². The molecule has 0 aliphatic rings. The highest BCUT2D eigenvalue weighted by molar-refractivity contribution is 7.99. The number of amides is 1. The third kappa shape index (κ3) is 6.02. The molecule has 0 aliphatic carbocycles. The number of anilines is 1. The van der Waals surface area contributed by atoms with Gasteiger partial charge >= 0.3 is 6.01 Å². The van der Waals surface area contributed by atoms with Crippen LogP contribution in [0, 0.1) is 0 Å². The number of hydrogen-bond acceptors (Lipinski definition) is 9. The first-order valence-electron chi connectivity index (χ1n) is 10.5. The number of benzene rings is 1. The number of pyridine rings is 1. The fourth-order valence-corrected chi connectivity index (χ4v) is 3.80. The smallest absolute Gasteiger partial charge is 0.322 e. The van der Waals surface area contributed by atoms with Gasteiger partial charge < -0.3 is 13.7 Å². The number of rotatable bonds is 11. The molecule has 3 aromatic heterocycles. The lowest BCUT2D eigenvalue weighted by molar-refractivity contribution is -0.113. The maximum absolute atomic E-state index is 12.5. The molecule has 33 heavy (non-hydrogen) atoms. The molecule has 1 aromatic carbocycles. The summed E-state index contributed by atoms with van der Waals surface area (Å²) in [5, 5.41) is 19.8. The first-order valence-corrected chi connectivity index (χ1v) is 11.5. The number of aromatic nitrogens is 6. The van der Waals surface area contributed by atoms with Gasteiger partial charge in [-0.15, -0.1) is 15.3 Å². The summed E-state index contributed by atoms with van der Waals surface area (Å²) in [6.45, 7) is 3.94. The average Bonchev–Trinajstić information content (AvgIpc) is 3.49. The fraction of sp³-hybridized carbons (Fsp3) is 0.273.